The number of nitro groups is 1. The molecule has 1 atom stereocenters. The van der Waals surface area contributed by atoms with Gasteiger partial charge in [0, 0.05) is 25.3 Å². The van der Waals surface area contributed by atoms with Crippen LogP contribution in [0.4, 0.5) is 5.69 Å². The van der Waals surface area contributed by atoms with Gasteiger partial charge in [-0.3, -0.25) is 14.9 Å². The van der Waals surface area contributed by atoms with E-state index in [0.717, 1.165) is 0 Å². The fourth-order valence-electron chi connectivity index (χ4n) is 1.58. The number of carbonyl (C=O) groups excluding carboxylic acids is 1. The summed E-state index contributed by atoms with van der Waals surface area (Å²) in [5.74, 6) is -0.155. The number of ether oxygens (including phenoxy) is 2. The Morgan fingerprint density at radius 1 is 1.47 bits per heavy atom. The van der Waals surface area contributed by atoms with Crippen LogP contribution in [-0.4, -0.2) is 37.7 Å². The van der Waals surface area contributed by atoms with E-state index in [-0.39, 0.29) is 23.0 Å². The average Bonchev–Trinajstić information content (AvgIpc) is 2.37. The van der Waals surface area contributed by atoms with Crippen molar-refractivity contribution in [3.63, 3.8) is 0 Å². The summed E-state index contributed by atoms with van der Waals surface area (Å²) in [7, 11) is 2.92. The fourth-order valence-corrected chi connectivity index (χ4v) is 1.58. The molecule has 0 spiro atoms. The van der Waals surface area contributed by atoms with Crippen molar-refractivity contribution in [2.75, 3.05) is 20.8 Å². The van der Waals surface area contributed by atoms with Crippen LogP contribution in [0.15, 0.2) is 18.2 Å². The minimum Gasteiger partial charge on any atom is -0.496 e. The van der Waals surface area contributed by atoms with Gasteiger partial charge in [-0.25, -0.2) is 0 Å². The molecule has 1 aromatic rings. The largest absolute Gasteiger partial charge is 0.496 e. The lowest BCUT2D eigenvalue weighted by Crippen LogP contribution is -2.35. The second-order valence-electron chi connectivity index (χ2n) is 3.97. The first-order chi connectivity index (χ1) is 8.99. The maximum absolute atomic E-state index is 12.0. The molecule has 0 fully saturated rings. The van der Waals surface area contributed by atoms with Gasteiger partial charge in [-0.1, -0.05) is 0 Å². The van der Waals surface area contributed by atoms with Crippen molar-refractivity contribution < 1.29 is 19.2 Å². The SMILES string of the molecule is COC[C@H](C)NC(=O)c1cc([N+](=O)[O-])ccc1OC. The van der Waals surface area contributed by atoms with Crippen LogP contribution >= 0.6 is 0 Å². The number of nitrogens with zero attached hydrogens (tertiary/aromatic N) is 1. The van der Waals surface area contributed by atoms with Crippen molar-refractivity contribution >= 4 is 11.6 Å². The monoisotopic (exact) mass is 268 g/mol. The number of nitro benzene ring substituents is 1. The Hall–Kier alpha value is -2.15. The van der Waals surface area contributed by atoms with Crippen molar-refractivity contribution in [2.24, 2.45) is 0 Å². The normalized spacial score (nSPS) is 11.7. The van der Waals surface area contributed by atoms with Crippen LogP contribution in [0, 0.1) is 10.1 Å². The highest BCUT2D eigenvalue weighted by atomic mass is 16.6. The van der Waals surface area contributed by atoms with Gasteiger partial charge in [0.2, 0.25) is 0 Å². The van der Waals surface area contributed by atoms with E-state index in [1.165, 1.54) is 32.4 Å². The number of amides is 1. The zero-order valence-electron chi connectivity index (χ0n) is 11.0. The smallest absolute Gasteiger partial charge is 0.270 e. The fraction of sp³-hybridized carbons (Fsp3) is 0.417. The molecule has 104 valence electrons. The number of carbonyl (C=O) groups is 1. The number of non-ortho nitro benzene ring substituents is 1. The molecular weight excluding hydrogens is 252 g/mol. The van der Waals surface area contributed by atoms with E-state index in [1.807, 2.05) is 0 Å². The van der Waals surface area contributed by atoms with Gasteiger partial charge < -0.3 is 14.8 Å². The summed E-state index contributed by atoms with van der Waals surface area (Å²) in [6, 6.07) is 3.66. The molecule has 0 radical (unpaired) electrons. The maximum Gasteiger partial charge on any atom is 0.270 e. The predicted molar refractivity (Wildman–Crippen MR) is 68.5 cm³/mol. The molecule has 0 saturated heterocycles. The van der Waals surface area contributed by atoms with Crippen LogP contribution in [0.5, 0.6) is 5.75 Å². The molecule has 19 heavy (non-hydrogen) atoms. The summed E-state index contributed by atoms with van der Waals surface area (Å²) in [5.41, 5.74) is -0.0370. The lowest BCUT2D eigenvalue weighted by Gasteiger charge is -2.14. The second kappa shape index (κ2) is 6.69. The molecule has 0 aliphatic rings. The molecule has 1 N–H and O–H groups in total. The molecule has 1 aromatic carbocycles. The molecule has 1 rings (SSSR count). The Bertz CT molecular complexity index is 475. The Morgan fingerprint density at radius 3 is 2.68 bits per heavy atom. The van der Waals surface area contributed by atoms with Gasteiger partial charge in [0.1, 0.15) is 5.75 Å². The van der Waals surface area contributed by atoms with Crippen molar-refractivity contribution in [3.05, 3.63) is 33.9 Å². The van der Waals surface area contributed by atoms with Crippen LogP contribution in [0.25, 0.3) is 0 Å². The third-order valence-corrected chi connectivity index (χ3v) is 2.43. The predicted octanol–water partition coefficient (Wildman–Crippen LogP) is 1.37. The quantitative estimate of drug-likeness (QED) is 0.621. The summed E-state index contributed by atoms with van der Waals surface area (Å²) < 4.78 is 9.93. The third kappa shape index (κ3) is 3.92. The summed E-state index contributed by atoms with van der Waals surface area (Å²) in [4.78, 5) is 22.2. The summed E-state index contributed by atoms with van der Waals surface area (Å²) >= 11 is 0. The zero-order valence-corrected chi connectivity index (χ0v) is 11.0. The Labute approximate surface area is 110 Å². The molecule has 0 aliphatic heterocycles. The van der Waals surface area contributed by atoms with Gasteiger partial charge >= 0.3 is 0 Å². The zero-order chi connectivity index (χ0) is 14.4. The molecule has 0 heterocycles. The molecule has 7 heteroatoms. The Balaban J connectivity index is 2.99. The van der Waals surface area contributed by atoms with Gasteiger partial charge in [0.05, 0.1) is 24.2 Å². The summed E-state index contributed by atoms with van der Waals surface area (Å²) in [6.07, 6.45) is 0. The number of hydrogen-bond donors (Lipinski definition) is 1. The molecule has 1 amide bonds. The van der Waals surface area contributed by atoms with E-state index in [1.54, 1.807) is 6.92 Å². The van der Waals surface area contributed by atoms with Crippen molar-refractivity contribution in [2.45, 2.75) is 13.0 Å². The number of nitrogens with one attached hydrogen (secondary N) is 1. The number of methoxy groups -OCH3 is 2. The minimum atomic E-state index is -0.561. The number of benzene rings is 1. The van der Waals surface area contributed by atoms with Gasteiger partial charge in [0.15, 0.2) is 0 Å². The third-order valence-electron chi connectivity index (χ3n) is 2.43. The maximum atomic E-state index is 12.0. The van der Waals surface area contributed by atoms with Crippen molar-refractivity contribution in [1.82, 2.24) is 5.32 Å². The average molecular weight is 268 g/mol. The molecular formula is C12H16N2O5. The minimum absolute atomic E-state index is 0.125. The first-order valence-corrected chi connectivity index (χ1v) is 5.61. The highest BCUT2D eigenvalue weighted by Crippen LogP contribution is 2.23. The van der Waals surface area contributed by atoms with Crippen LogP contribution in [0.1, 0.15) is 17.3 Å². The summed E-state index contributed by atoms with van der Waals surface area (Å²) in [6.45, 7) is 2.12. The van der Waals surface area contributed by atoms with E-state index in [2.05, 4.69) is 5.32 Å². The van der Waals surface area contributed by atoms with E-state index in [9.17, 15) is 14.9 Å². The Morgan fingerprint density at radius 2 is 2.16 bits per heavy atom. The highest BCUT2D eigenvalue weighted by molar-refractivity contribution is 5.97. The van der Waals surface area contributed by atoms with Crippen molar-refractivity contribution in [3.8, 4) is 5.75 Å². The topological polar surface area (TPSA) is 90.7 Å². The van der Waals surface area contributed by atoms with E-state index in [0.29, 0.717) is 6.61 Å². The van der Waals surface area contributed by atoms with Gasteiger partial charge in [-0.05, 0) is 13.0 Å². The van der Waals surface area contributed by atoms with Crippen LogP contribution in [0.2, 0.25) is 0 Å². The van der Waals surface area contributed by atoms with Crippen LogP contribution in [-0.2, 0) is 4.74 Å². The van der Waals surface area contributed by atoms with Crippen LogP contribution < -0.4 is 10.1 Å². The molecule has 0 aliphatic carbocycles. The first-order valence-electron chi connectivity index (χ1n) is 5.61. The van der Waals surface area contributed by atoms with Crippen LogP contribution in [0.3, 0.4) is 0 Å². The van der Waals surface area contributed by atoms with Gasteiger partial charge in [-0.2, -0.15) is 0 Å². The molecule has 0 bridgehead atoms. The Kier molecular flexibility index (Phi) is 5.25. The van der Waals surface area contributed by atoms with Crippen molar-refractivity contribution in [1.29, 1.82) is 0 Å². The summed E-state index contributed by atoms with van der Waals surface area (Å²) in [5, 5.41) is 13.4. The lowest BCUT2D eigenvalue weighted by atomic mass is 10.1. The molecule has 0 unspecified atom stereocenters. The number of rotatable bonds is 6. The molecule has 7 nitrogen and oxygen atoms in total. The molecule has 0 saturated carbocycles. The van der Waals surface area contributed by atoms with E-state index >= 15 is 0 Å². The van der Waals surface area contributed by atoms with Gasteiger partial charge in [-0.15, -0.1) is 0 Å². The van der Waals surface area contributed by atoms with E-state index in [4.69, 9.17) is 9.47 Å². The van der Waals surface area contributed by atoms with Gasteiger partial charge in [0.25, 0.3) is 11.6 Å². The first kappa shape index (κ1) is 14.9. The molecule has 0 aromatic heterocycles. The van der Waals surface area contributed by atoms with E-state index < -0.39 is 10.8 Å². The highest BCUT2D eigenvalue weighted by Gasteiger charge is 2.18. The lowest BCUT2D eigenvalue weighted by molar-refractivity contribution is -0.384. The standard InChI is InChI=1S/C12H16N2O5/c1-8(7-18-2)13-12(15)10-6-9(14(16)17)4-5-11(10)19-3/h4-6,8H,7H2,1-3H3,(H,13,15)/t8-/m0/s1. The second-order valence-corrected chi connectivity index (χ2v) is 3.97. The number of hydrogen-bond acceptors (Lipinski definition) is 5.